The van der Waals surface area contributed by atoms with E-state index in [0.29, 0.717) is 11.3 Å². The van der Waals surface area contributed by atoms with Gasteiger partial charge in [0.05, 0.1) is 0 Å². The van der Waals surface area contributed by atoms with Gasteiger partial charge >= 0.3 is 11.9 Å². The molecule has 0 spiro atoms. The number of esters is 2. The first-order valence-corrected chi connectivity index (χ1v) is 8.41. The van der Waals surface area contributed by atoms with E-state index in [1.54, 1.807) is 20.8 Å². The van der Waals surface area contributed by atoms with Crippen LogP contribution in [0.4, 0.5) is 5.69 Å². The maximum absolute atomic E-state index is 12.8. The first-order valence-electron chi connectivity index (χ1n) is 8.41. The molecular formula is C21H21NO4. The Labute approximate surface area is 152 Å². The van der Waals surface area contributed by atoms with E-state index in [4.69, 9.17) is 9.47 Å². The minimum atomic E-state index is -0.801. The topological polar surface area (TPSA) is 64.6 Å². The van der Waals surface area contributed by atoms with Crippen LogP contribution in [0.15, 0.2) is 71.9 Å². The molecule has 5 nitrogen and oxygen atoms in total. The molecule has 2 aromatic rings. The van der Waals surface area contributed by atoms with Gasteiger partial charge in [-0.3, -0.25) is 0 Å². The number of hydrogen-bond donors (Lipinski definition) is 1. The highest BCUT2D eigenvalue weighted by Crippen LogP contribution is 2.37. The predicted octanol–water partition coefficient (Wildman–Crippen LogP) is 3.99. The van der Waals surface area contributed by atoms with Gasteiger partial charge in [-0.05, 0) is 38.5 Å². The lowest BCUT2D eigenvalue weighted by atomic mass is 10.0. The number of carbonyl (C=O) groups is 2. The molecule has 1 N–H and O–H groups in total. The van der Waals surface area contributed by atoms with Crippen molar-refractivity contribution in [1.29, 1.82) is 0 Å². The lowest BCUT2D eigenvalue weighted by Crippen LogP contribution is -2.27. The molecule has 1 aliphatic heterocycles. The van der Waals surface area contributed by atoms with Crippen molar-refractivity contribution in [3.63, 3.8) is 0 Å². The van der Waals surface area contributed by atoms with Gasteiger partial charge in [-0.15, -0.1) is 0 Å². The standard InChI is InChI=1S/C21H21NO4/c1-21(2,3)26-19(23)16-17(22-15-12-8-5-9-13-15)20(24)25-18(16)14-10-6-4-7-11-14/h4-13,18,22H,1-3H3. The number of cyclic esters (lactones) is 1. The average Bonchev–Trinajstić information content (AvgIpc) is 2.92. The molecule has 134 valence electrons. The molecule has 0 saturated carbocycles. The van der Waals surface area contributed by atoms with E-state index in [1.165, 1.54) is 0 Å². The lowest BCUT2D eigenvalue weighted by molar-refractivity contribution is -0.151. The Morgan fingerprint density at radius 3 is 2.15 bits per heavy atom. The van der Waals surface area contributed by atoms with E-state index in [1.807, 2.05) is 60.7 Å². The summed E-state index contributed by atoms with van der Waals surface area (Å²) in [7, 11) is 0. The largest absolute Gasteiger partial charge is 0.456 e. The fraction of sp³-hybridized carbons (Fsp3) is 0.238. The molecule has 5 heteroatoms. The van der Waals surface area contributed by atoms with Gasteiger partial charge in [0, 0.05) is 5.69 Å². The molecule has 0 radical (unpaired) electrons. The van der Waals surface area contributed by atoms with E-state index in [2.05, 4.69) is 5.32 Å². The molecule has 2 aromatic carbocycles. The summed E-state index contributed by atoms with van der Waals surface area (Å²) in [6.45, 7) is 5.35. The SMILES string of the molecule is CC(C)(C)OC(=O)C1=C(Nc2ccccc2)C(=O)OC1c1ccccc1. The first-order chi connectivity index (χ1) is 12.3. The molecule has 0 saturated heterocycles. The number of ether oxygens (including phenoxy) is 2. The van der Waals surface area contributed by atoms with Crippen molar-refractivity contribution in [3.05, 3.63) is 77.5 Å². The van der Waals surface area contributed by atoms with Crippen LogP contribution >= 0.6 is 0 Å². The molecule has 26 heavy (non-hydrogen) atoms. The highest BCUT2D eigenvalue weighted by Gasteiger charge is 2.41. The van der Waals surface area contributed by atoms with Crippen LogP contribution in [0.3, 0.4) is 0 Å². The monoisotopic (exact) mass is 351 g/mol. The fourth-order valence-corrected chi connectivity index (χ4v) is 2.65. The maximum atomic E-state index is 12.8. The van der Waals surface area contributed by atoms with Crippen molar-refractivity contribution in [3.8, 4) is 0 Å². The normalized spacial score (nSPS) is 17.0. The quantitative estimate of drug-likeness (QED) is 0.844. The highest BCUT2D eigenvalue weighted by atomic mass is 16.6. The summed E-state index contributed by atoms with van der Waals surface area (Å²) in [5.41, 5.74) is 1.01. The molecule has 0 amide bonds. The molecule has 1 unspecified atom stereocenters. The third-order valence-electron chi connectivity index (χ3n) is 3.72. The van der Waals surface area contributed by atoms with E-state index < -0.39 is 23.6 Å². The number of rotatable bonds is 4. The Bertz CT molecular complexity index is 835. The van der Waals surface area contributed by atoms with Crippen molar-refractivity contribution in [2.45, 2.75) is 32.5 Å². The van der Waals surface area contributed by atoms with E-state index in [0.717, 1.165) is 0 Å². The number of hydrogen-bond acceptors (Lipinski definition) is 5. The zero-order valence-electron chi connectivity index (χ0n) is 15.0. The van der Waals surface area contributed by atoms with Gasteiger partial charge in [0.15, 0.2) is 6.10 Å². The van der Waals surface area contributed by atoms with Gasteiger partial charge in [0.25, 0.3) is 0 Å². The molecule has 0 aromatic heterocycles. The van der Waals surface area contributed by atoms with Gasteiger partial charge in [-0.1, -0.05) is 48.5 Å². The highest BCUT2D eigenvalue weighted by molar-refractivity contribution is 6.06. The number of carbonyl (C=O) groups excluding carboxylic acids is 2. The lowest BCUT2D eigenvalue weighted by Gasteiger charge is -2.22. The van der Waals surface area contributed by atoms with Crippen molar-refractivity contribution < 1.29 is 19.1 Å². The number of nitrogens with one attached hydrogen (secondary N) is 1. The fourth-order valence-electron chi connectivity index (χ4n) is 2.65. The predicted molar refractivity (Wildman–Crippen MR) is 98.2 cm³/mol. The van der Waals surface area contributed by atoms with Gasteiger partial charge in [0.2, 0.25) is 0 Å². The molecule has 0 fully saturated rings. The summed E-state index contributed by atoms with van der Waals surface area (Å²) in [5, 5.41) is 3.01. The van der Waals surface area contributed by atoms with Gasteiger partial charge < -0.3 is 14.8 Å². The minimum Gasteiger partial charge on any atom is -0.456 e. The van der Waals surface area contributed by atoms with Crippen molar-refractivity contribution >= 4 is 17.6 Å². The molecule has 0 aliphatic carbocycles. The number of anilines is 1. The van der Waals surface area contributed by atoms with Gasteiger partial charge in [0.1, 0.15) is 16.9 Å². The van der Waals surface area contributed by atoms with Crippen LogP contribution in [0.2, 0.25) is 0 Å². The third-order valence-corrected chi connectivity index (χ3v) is 3.72. The van der Waals surface area contributed by atoms with E-state index >= 15 is 0 Å². The number of para-hydroxylation sites is 1. The van der Waals surface area contributed by atoms with E-state index in [-0.39, 0.29) is 11.3 Å². The summed E-state index contributed by atoms with van der Waals surface area (Å²) in [6, 6.07) is 18.3. The van der Waals surface area contributed by atoms with Crippen LogP contribution in [0.1, 0.15) is 32.4 Å². The second-order valence-electron chi connectivity index (χ2n) is 6.98. The zero-order valence-corrected chi connectivity index (χ0v) is 15.0. The first kappa shape index (κ1) is 17.7. The summed E-state index contributed by atoms with van der Waals surface area (Å²) in [6.07, 6.45) is -0.801. The molecular weight excluding hydrogens is 330 g/mol. The minimum absolute atomic E-state index is 0.110. The van der Waals surface area contributed by atoms with Crippen molar-refractivity contribution in [1.82, 2.24) is 0 Å². The summed E-state index contributed by atoms with van der Waals surface area (Å²) < 4.78 is 11.0. The van der Waals surface area contributed by atoms with Crippen molar-refractivity contribution in [2.24, 2.45) is 0 Å². The van der Waals surface area contributed by atoms with Crippen LogP contribution in [0.5, 0.6) is 0 Å². The second-order valence-corrected chi connectivity index (χ2v) is 6.98. The van der Waals surface area contributed by atoms with E-state index in [9.17, 15) is 9.59 Å². The Kier molecular flexibility index (Phi) is 4.80. The van der Waals surface area contributed by atoms with Crippen molar-refractivity contribution in [2.75, 3.05) is 5.32 Å². The Morgan fingerprint density at radius 1 is 1.00 bits per heavy atom. The van der Waals surface area contributed by atoms with Crippen LogP contribution in [0.25, 0.3) is 0 Å². The molecule has 1 atom stereocenters. The Balaban J connectivity index is 2.04. The molecule has 1 aliphatic rings. The molecule has 1 heterocycles. The summed E-state index contributed by atoms with van der Waals surface area (Å²) in [4.78, 5) is 25.3. The summed E-state index contributed by atoms with van der Waals surface area (Å²) >= 11 is 0. The average molecular weight is 351 g/mol. The zero-order chi connectivity index (χ0) is 18.7. The molecule has 3 rings (SSSR count). The van der Waals surface area contributed by atoms with Crippen LogP contribution in [0, 0.1) is 0 Å². The molecule has 0 bridgehead atoms. The number of benzene rings is 2. The van der Waals surface area contributed by atoms with Crippen LogP contribution < -0.4 is 5.32 Å². The van der Waals surface area contributed by atoms with Crippen LogP contribution in [-0.4, -0.2) is 17.5 Å². The smallest absolute Gasteiger partial charge is 0.356 e. The van der Waals surface area contributed by atoms with Crippen LogP contribution in [-0.2, 0) is 19.1 Å². The Hall–Kier alpha value is -3.08. The Morgan fingerprint density at radius 2 is 1.58 bits per heavy atom. The maximum Gasteiger partial charge on any atom is 0.356 e. The van der Waals surface area contributed by atoms with Gasteiger partial charge in [-0.25, -0.2) is 9.59 Å². The third kappa shape index (κ3) is 3.94. The van der Waals surface area contributed by atoms with Gasteiger partial charge in [-0.2, -0.15) is 0 Å². The second kappa shape index (κ2) is 7.04. The summed E-state index contributed by atoms with van der Waals surface area (Å²) in [5.74, 6) is -1.15.